The number of hydrogen-bond donors (Lipinski definition) is 1. The van der Waals surface area contributed by atoms with Crippen LogP contribution in [0.5, 0.6) is 0 Å². The van der Waals surface area contributed by atoms with Gasteiger partial charge in [0.15, 0.2) is 0 Å². The average Bonchev–Trinajstić information content (AvgIpc) is 2.63. The van der Waals surface area contributed by atoms with Crippen molar-refractivity contribution in [3.8, 4) is 0 Å². The van der Waals surface area contributed by atoms with Crippen LogP contribution in [0.2, 0.25) is 5.02 Å². The number of guanidine groups is 1. The molecule has 0 radical (unpaired) electrons. The minimum absolute atomic E-state index is 0.0383. The maximum Gasteiger partial charge on any atom is 0.249 e. The van der Waals surface area contributed by atoms with E-state index >= 15 is 0 Å². The summed E-state index contributed by atoms with van der Waals surface area (Å²) in [5.74, 6) is 1.16. The lowest BCUT2D eigenvalue weighted by Crippen LogP contribution is -2.37. The van der Waals surface area contributed by atoms with Gasteiger partial charge in [-0.1, -0.05) is 31.5 Å². The molecular weight excluding hydrogens is 262 g/mol. The van der Waals surface area contributed by atoms with Crippen molar-refractivity contribution >= 4 is 29.2 Å². The predicted molar refractivity (Wildman–Crippen MR) is 75.5 cm³/mol. The van der Waals surface area contributed by atoms with Gasteiger partial charge < -0.3 is 4.90 Å². The standard InChI is InChI=1S/C14H16ClN3O/c1-8(2)6-12-13(19)17-14-16-11-5-3-4-10(15)9(11)7-18(12)14/h3-5,8,12H,6-7H2,1-2H3,(H,16,17,19)/t12-/m0/s1. The van der Waals surface area contributed by atoms with Crippen LogP contribution in [0.3, 0.4) is 0 Å². The molecule has 5 heteroatoms. The Morgan fingerprint density at radius 2 is 2.32 bits per heavy atom. The van der Waals surface area contributed by atoms with Gasteiger partial charge in [0.05, 0.1) is 12.2 Å². The monoisotopic (exact) mass is 277 g/mol. The second kappa shape index (κ2) is 4.53. The molecule has 0 aliphatic carbocycles. The lowest BCUT2D eigenvalue weighted by Gasteiger charge is -2.29. The molecule has 1 fully saturated rings. The number of carbonyl (C=O) groups excluding carboxylic acids is 1. The van der Waals surface area contributed by atoms with Gasteiger partial charge in [-0.15, -0.1) is 0 Å². The fourth-order valence-electron chi connectivity index (χ4n) is 2.61. The molecule has 0 bridgehead atoms. The van der Waals surface area contributed by atoms with Crippen molar-refractivity contribution in [1.29, 1.82) is 0 Å². The van der Waals surface area contributed by atoms with Crippen molar-refractivity contribution in [1.82, 2.24) is 10.2 Å². The van der Waals surface area contributed by atoms with E-state index < -0.39 is 0 Å². The zero-order valence-corrected chi connectivity index (χ0v) is 11.7. The van der Waals surface area contributed by atoms with E-state index in [2.05, 4.69) is 24.2 Å². The summed E-state index contributed by atoms with van der Waals surface area (Å²) < 4.78 is 0. The zero-order valence-electron chi connectivity index (χ0n) is 11.0. The summed E-state index contributed by atoms with van der Waals surface area (Å²) >= 11 is 6.22. The van der Waals surface area contributed by atoms with Crippen LogP contribution in [0, 0.1) is 5.92 Å². The predicted octanol–water partition coefficient (Wildman–Crippen LogP) is 2.69. The highest BCUT2D eigenvalue weighted by molar-refractivity contribution is 6.31. The van der Waals surface area contributed by atoms with E-state index in [0.29, 0.717) is 23.4 Å². The van der Waals surface area contributed by atoms with Crippen molar-refractivity contribution in [3.05, 3.63) is 28.8 Å². The van der Waals surface area contributed by atoms with Crippen LogP contribution in [0.4, 0.5) is 5.69 Å². The van der Waals surface area contributed by atoms with E-state index in [1.165, 1.54) is 0 Å². The highest BCUT2D eigenvalue weighted by Gasteiger charge is 2.39. The Balaban J connectivity index is 1.97. The molecule has 0 aromatic heterocycles. The Morgan fingerprint density at radius 3 is 3.05 bits per heavy atom. The molecule has 1 atom stereocenters. The zero-order chi connectivity index (χ0) is 13.6. The molecule has 1 aromatic carbocycles. The van der Waals surface area contributed by atoms with Gasteiger partial charge in [-0.25, -0.2) is 4.99 Å². The number of carbonyl (C=O) groups is 1. The molecule has 2 aliphatic heterocycles. The van der Waals surface area contributed by atoms with Crippen LogP contribution in [0.15, 0.2) is 23.2 Å². The van der Waals surface area contributed by atoms with Gasteiger partial charge in [0.1, 0.15) is 6.04 Å². The maximum atomic E-state index is 12.0. The molecule has 1 amide bonds. The smallest absolute Gasteiger partial charge is 0.249 e. The minimum Gasteiger partial charge on any atom is -0.326 e. The van der Waals surface area contributed by atoms with E-state index in [1.54, 1.807) is 0 Å². The molecule has 2 aliphatic rings. The Morgan fingerprint density at radius 1 is 1.53 bits per heavy atom. The number of nitrogens with zero attached hydrogens (tertiary/aromatic N) is 2. The SMILES string of the molecule is CC(C)C[C@H]1C(=O)NC2=Nc3cccc(Cl)c3CN21. The van der Waals surface area contributed by atoms with Gasteiger partial charge in [0, 0.05) is 10.6 Å². The number of hydrogen-bond acceptors (Lipinski definition) is 3. The maximum absolute atomic E-state index is 12.0. The second-order valence-electron chi connectivity index (χ2n) is 5.44. The molecule has 3 rings (SSSR count). The van der Waals surface area contributed by atoms with E-state index in [-0.39, 0.29) is 11.9 Å². The number of aliphatic imine (C=N–C) groups is 1. The van der Waals surface area contributed by atoms with Crippen LogP contribution in [0.25, 0.3) is 0 Å². The van der Waals surface area contributed by atoms with Gasteiger partial charge in [-0.2, -0.15) is 0 Å². The van der Waals surface area contributed by atoms with Gasteiger partial charge in [-0.3, -0.25) is 10.1 Å². The third kappa shape index (κ3) is 2.10. The van der Waals surface area contributed by atoms with Crippen molar-refractivity contribution in [2.45, 2.75) is 32.9 Å². The highest BCUT2D eigenvalue weighted by atomic mass is 35.5. The van der Waals surface area contributed by atoms with Crippen LogP contribution in [0.1, 0.15) is 25.8 Å². The number of halogens is 1. The lowest BCUT2D eigenvalue weighted by atomic mass is 10.0. The third-order valence-corrected chi connectivity index (χ3v) is 3.88. The molecule has 100 valence electrons. The first-order valence-corrected chi connectivity index (χ1v) is 6.87. The lowest BCUT2D eigenvalue weighted by molar-refractivity contribution is -0.121. The molecule has 1 aromatic rings. The van der Waals surface area contributed by atoms with E-state index in [4.69, 9.17) is 11.6 Å². The summed E-state index contributed by atoms with van der Waals surface area (Å²) in [5.41, 5.74) is 1.85. The summed E-state index contributed by atoms with van der Waals surface area (Å²) in [4.78, 5) is 18.6. The van der Waals surface area contributed by atoms with Crippen LogP contribution in [-0.4, -0.2) is 22.8 Å². The Kier molecular flexibility index (Phi) is 2.97. The first-order chi connectivity index (χ1) is 9.06. The van der Waals surface area contributed by atoms with E-state index in [9.17, 15) is 4.79 Å². The second-order valence-corrected chi connectivity index (χ2v) is 5.84. The number of amides is 1. The summed E-state index contributed by atoms with van der Waals surface area (Å²) in [6, 6.07) is 5.53. The van der Waals surface area contributed by atoms with E-state index in [1.807, 2.05) is 23.1 Å². The Hall–Kier alpha value is -1.55. The Bertz CT molecular complexity index is 568. The largest absolute Gasteiger partial charge is 0.326 e. The summed E-state index contributed by atoms with van der Waals surface area (Å²) in [6.45, 7) is 4.88. The fourth-order valence-corrected chi connectivity index (χ4v) is 2.83. The van der Waals surface area contributed by atoms with Crippen molar-refractivity contribution < 1.29 is 4.79 Å². The normalized spacial score (nSPS) is 21.1. The molecule has 0 spiro atoms. The molecule has 1 N–H and O–H groups in total. The van der Waals surface area contributed by atoms with Crippen molar-refractivity contribution in [3.63, 3.8) is 0 Å². The van der Waals surface area contributed by atoms with Gasteiger partial charge in [0.25, 0.3) is 0 Å². The average molecular weight is 278 g/mol. The summed E-state index contributed by atoms with van der Waals surface area (Å²) in [7, 11) is 0. The molecular formula is C14H16ClN3O. The van der Waals surface area contributed by atoms with E-state index in [0.717, 1.165) is 17.7 Å². The first kappa shape index (κ1) is 12.5. The van der Waals surface area contributed by atoms with Crippen molar-refractivity contribution in [2.24, 2.45) is 10.9 Å². The van der Waals surface area contributed by atoms with Gasteiger partial charge >= 0.3 is 0 Å². The first-order valence-electron chi connectivity index (χ1n) is 6.50. The van der Waals surface area contributed by atoms with Crippen LogP contribution >= 0.6 is 11.6 Å². The number of benzene rings is 1. The van der Waals surface area contributed by atoms with Crippen LogP contribution < -0.4 is 5.32 Å². The topological polar surface area (TPSA) is 44.7 Å². The Labute approximate surface area is 117 Å². The van der Waals surface area contributed by atoms with Gasteiger partial charge in [-0.05, 0) is 24.5 Å². The van der Waals surface area contributed by atoms with Crippen molar-refractivity contribution in [2.75, 3.05) is 0 Å². The molecule has 0 unspecified atom stereocenters. The molecule has 19 heavy (non-hydrogen) atoms. The quantitative estimate of drug-likeness (QED) is 0.903. The fraction of sp³-hybridized carbons (Fsp3) is 0.429. The highest BCUT2D eigenvalue weighted by Crippen LogP contribution is 2.34. The minimum atomic E-state index is -0.136. The number of rotatable bonds is 2. The summed E-state index contributed by atoms with van der Waals surface area (Å²) in [5, 5.41) is 3.58. The van der Waals surface area contributed by atoms with Gasteiger partial charge in [0.2, 0.25) is 11.9 Å². The molecule has 2 heterocycles. The third-order valence-electron chi connectivity index (χ3n) is 3.53. The molecule has 1 saturated heterocycles. The summed E-state index contributed by atoms with van der Waals surface area (Å²) in [6.07, 6.45) is 0.824. The molecule has 4 nitrogen and oxygen atoms in total. The molecule has 0 saturated carbocycles. The number of fused-ring (bicyclic) bond motifs is 2. The number of nitrogens with one attached hydrogen (secondary N) is 1. The van der Waals surface area contributed by atoms with Crippen LogP contribution in [-0.2, 0) is 11.3 Å².